The number of ether oxygens (including phenoxy) is 1. The average molecular weight is 370 g/mol. The maximum Gasteiger partial charge on any atom is 0.119 e. The lowest BCUT2D eigenvalue weighted by molar-refractivity contribution is 0.261. The molecule has 3 aromatic carbocycles. The number of rotatable bonds is 8. The summed E-state index contributed by atoms with van der Waals surface area (Å²) in [4.78, 5) is 2.11. The molecule has 0 fully saturated rings. The average Bonchev–Trinajstić information content (AvgIpc) is 2.73. The van der Waals surface area contributed by atoms with Crippen molar-refractivity contribution in [2.24, 2.45) is 0 Å². The van der Waals surface area contributed by atoms with Crippen LogP contribution >= 0.6 is 0 Å². The van der Waals surface area contributed by atoms with E-state index in [0.717, 1.165) is 29.0 Å². The first-order chi connectivity index (χ1) is 13.7. The molecular formula is C26H27NO. The molecule has 0 radical (unpaired) electrons. The van der Waals surface area contributed by atoms with Crippen LogP contribution in [0.5, 0.6) is 5.75 Å². The Labute approximate surface area is 168 Å². The second kappa shape index (κ2) is 9.72. The lowest BCUT2D eigenvalue weighted by atomic mass is 9.89. The van der Waals surface area contributed by atoms with Crippen LogP contribution in [-0.2, 0) is 0 Å². The van der Waals surface area contributed by atoms with Gasteiger partial charge in [-0.25, -0.2) is 0 Å². The van der Waals surface area contributed by atoms with Crippen LogP contribution in [0.15, 0.2) is 97.6 Å². The van der Waals surface area contributed by atoms with Gasteiger partial charge in [-0.3, -0.25) is 0 Å². The topological polar surface area (TPSA) is 12.5 Å². The van der Waals surface area contributed by atoms with E-state index < -0.39 is 0 Å². The van der Waals surface area contributed by atoms with Crippen LogP contribution in [0.1, 0.15) is 16.7 Å². The highest BCUT2D eigenvalue weighted by Crippen LogP contribution is 2.33. The summed E-state index contributed by atoms with van der Waals surface area (Å²) in [5.41, 5.74) is 5.75. The smallest absolute Gasteiger partial charge is 0.119 e. The first kappa shape index (κ1) is 19.7. The summed E-state index contributed by atoms with van der Waals surface area (Å²) < 4.78 is 5.85. The molecule has 0 bridgehead atoms. The molecule has 2 heteroatoms. The van der Waals surface area contributed by atoms with Gasteiger partial charge in [0.25, 0.3) is 0 Å². The van der Waals surface area contributed by atoms with Gasteiger partial charge in [-0.15, -0.1) is 0 Å². The molecule has 0 N–H and O–H groups in total. The van der Waals surface area contributed by atoms with Crippen molar-refractivity contribution in [2.75, 3.05) is 27.2 Å². The van der Waals surface area contributed by atoms with Crippen LogP contribution in [0.3, 0.4) is 0 Å². The summed E-state index contributed by atoms with van der Waals surface area (Å²) in [6.45, 7) is 5.67. The molecule has 28 heavy (non-hydrogen) atoms. The number of nitrogens with zero attached hydrogens (tertiary/aromatic N) is 1. The molecule has 0 heterocycles. The Kier molecular flexibility index (Phi) is 6.83. The summed E-state index contributed by atoms with van der Waals surface area (Å²) in [5.74, 6) is 0.887. The zero-order valence-corrected chi connectivity index (χ0v) is 16.6. The Morgan fingerprint density at radius 2 is 1.32 bits per heavy atom. The van der Waals surface area contributed by atoms with Crippen LogP contribution in [0.4, 0.5) is 0 Å². The van der Waals surface area contributed by atoms with Gasteiger partial charge in [-0.05, 0) is 54.1 Å². The Balaban J connectivity index is 2.01. The molecular weight excluding hydrogens is 342 g/mol. The van der Waals surface area contributed by atoms with Crippen molar-refractivity contribution < 1.29 is 4.74 Å². The maximum absolute atomic E-state index is 5.85. The fourth-order valence-electron chi connectivity index (χ4n) is 3.13. The highest BCUT2D eigenvalue weighted by Gasteiger charge is 2.12. The van der Waals surface area contributed by atoms with E-state index in [4.69, 9.17) is 4.74 Å². The Morgan fingerprint density at radius 3 is 1.86 bits per heavy atom. The second-order valence-corrected chi connectivity index (χ2v) is 6.90. The third kappa shape index (κ3) is 4.99. The van der Waals surface area contributed by atoms with Gasteiger partial charge >= 0.3 is 0 Å². The predicted molar refractivity (Wildman–Crippen MR) is 119 cm³/mol. The highest BCUT2D eigenvalue weighted by atomic mass is 16.5. The minimum atomic E-state index is 0.676. The Hall–Kier alpha value is -3.10. The Morgan fingerprint density at radius 1 is 0.786 bits per heavy atom. The summed E-state index contributed by atoms with van der Waals surface area (Å²) in [7, 11) is 4.09. The molecule has 0 atom stereocenters. The molecule has 3 rings (SSSR count). The summed E-state index contributed by atoms with van der Waals surface area (Å²) in [5, 5.41) is 0. The fourth-order valence-corrected chi connectivity index (χ4v) is 3.13. The quantitative estimate of drug-likeness (QED) is 0.369. The van der Waals surface area contributed by atoms with Crippen molar-refractivity contribution >= 4 is 11.1 Å². The fraction of sp³-hybridized carbons (Fsp3) is 0.154. The van der Waals surface area contributed by atoms with Crippen LogP contribution < -0.4 is 4.74 Å². The van der Waals surface area contributed by atoms with Crippen molar-refractivity contribution in [3.8, 4) is 5.75 Å². The van der Waals surface area contributed by atoms with Crippen LogP contribution in [0, 0.1) is 0 Å². The van der Waals surface area contributed by atoms with Crippen LogP contribution in [0.25, 0.3) is 11.1 Å². The van der Waals surface area contributed by atoms with E-state index in [1.807, 2.05) is 44.4 Å². The number of hydrogen-bond donors (Lipinski definition) is 0. The third-order valence-electron chi connectivity index (χ3n) is 4.57. The first-order valence-corrected chi connectivity index (χ1v) is 9.54. The van der Waals surface area contributed by atoms with Crippen molar-refractivity contribution in [1.82, 2.24) is 4.90 Å². The van der Waals surface area contributed by atoms with E-state index in [1.54, 1.807) is 0 Å². The number of likely N-dealkylation sites (N-methyl/N-ethyl adjacent to an activating group) is 1. The maximum atomic E-state index is 5.85. The van der Waals surface area contributed by atoms with Crippen molar-refractivity contribution in [1.29, 1.82) is 0 Å². The van der Waals surface area contributed by atoms with Gasteiger partial charge in [-0.1, -0.05) is 85.5 Å². The van der Waals surface area contributed by atoms with Gasteiger partial charge in [0.1, 0.15) is 12.4 Å². The van der Waals surface area contributed by atoms with Gasteiger partial charge < -0.3 is 9.64 Å². The first-order valence-electron chi connectivity index (χ1n) is 9.54. The lowest BCUT2D eigenvalue weighted by Crippen LogP contribution is -2.19. The normalized spacial score (nSPS) is 11.8. The zero-order chi connectivity index (χ0) is 19.8. The SMILES string of the molecule is C=C/C(=C(\c1ccccc1)c1ccc(OCCN(C)C)cc1)c1ccccc1. The highest BCUT2D eigenvalue weighted by molar-refractivity contribution is 6.02. The minimum absolute atomic E-state index is 0.676. The van der Waals surface area contributed by atoms with Crippen LogP contribution in [0.2, 0.25) is 0 Å². The van der Waals surface area contributed by atoms with Crippen molar-refractivity contribution in [3.05, 3.63) is 114 Å². The summed E-state index contributed by atoms with van der Waals surface area (Å²) in [6, 6.07) is 29.2. The second-order valence-electron chi connectivity index (χ2n) is 6.90. The van der Waals surface area contributed by atoms with Crippen molar-refractivity contribution in [2.45, 2.75) is 0 Å². The van der Waals surface area contributed by atoms with E-state index in [0.29, 0.717) is 6.61 Å². The Bertz CT molecular complexity index is 910. The lowest BCUT2D eigenvalue weighted by Gasteiger charge is -2.16. The largest absolute Gasteiger partial charge is 0.492 e. The van der Waals surface area contributed by atoms with Gasteiger partial charge in [0.05, 0.1) is 0 Å². The monoisotopic (exact) mass is 369 g/mol. The predicted octanol–water partition coefficient (Wildman–Crippen LogP) is 5.77. The van der Waals surface area contributed by atoms with Crippen molar-refractivity contribution in [3.63, 3.8) is 0 Å². The summed E-state index contributed by atoms with van der Waals surface area (Å²) >= 11 is 0. The van der Waals surface area contributed by atoms with E-state index in [9.17, 15) is 0 Å². The van der Waals surface area contributed by atoms with E-state index in [-0.39, 0.29) is 0 Å². The number of hydrogen-bond acceptors (Lipinski definition) is 2. The molecule has 0 aromatic heterocycles. The molecule has 0 aliphatic rings. The number of benzene rings is 3. The number of allylic oxidation sites excluding steroid dienone is 2. The van der Waals surface area contributed by atoms with E-state index in [2.05, 4.69) is 72.1 Å². The van der Waals surface area contributed by atoms with E-state index >= 15 is 0 Å². The molecule has 0 amide bonds. The molecule has 2 nitrogen and oxygen atoms in total. The summed E-state index contributed by atoms with van der Waals surface area (Å²) in [6.07, 6.45) is 1.94. The molecule has 0 spiro atoms. The standard InChI is InChI=1S/C26H27NO/c1-4-25(21-11-7-5-8-12-21)26(22-13-9-6-10-14-22)23-15-17-24(18-16-23)28-20-19-27(2)3/h4-18H,1,19-20H2,2-3H3/b26-25-. The minimum Gasteiger partial charge on any atom is -0.492 e. The molecule has 3 aromatic rings. The van der Waals surface area contributed by atoms with Gasteiger partial charge in [0, 0.05) is 6.54 Å². The van der Waals surface area contributed by atoms with Crippen LogP contribution in [-0.4, -0.2) is 32.1 Å². The molecule has 0 aliphatic heterocycles. The molecule has 0 saturated heterocycles. The van der Waals surface area contributed by atoms with Gasteiger partial charge in [-0.2, -0.15) is 0 Å². The molecule has 0 unspecified atom stereocenters. The molecule has 142 valence electrons. The third-order valence-corrected chi connectivity index (χ3v) is 4.57. The van der Waals surface area contributed by atoms with Gasteiger partial charge in [0.15, 0.2) is 0 Å². The molecule has 0 saturated carbocycles. The molecule has 0 aliphatic carbocycles. The van der Waals surface area contributed by atoms with Gasteiger partial charge in [0.2, 0.25) is 0 Å². The van der Waals surface area contributed by atoms with E-state index in [1.165, 1.54) is 11.1 Å². The zero-order valence-electron chi connectivity index (χ0n) is 16.6.